The summed E-state index contributed by atoms with van der Waals surface area (Å²) in [5.41, 5.74) is 5.99. The van der Waals surface area contributed by atoms with E-state index in [1.54, 1.807) is 4.57 Å². The minimum atomic E-state index is -0.925. The van der Waals surface area contributed by atoms with Gasteiger partial charge in [-0.2, -0.15) is 4.98 Å². The summed E-state index contributed by atoms with van der Waals surface area (Å²) in [4.78, 5) is 25.2. The zero-order chi connectivity index (χ0) is 24.7. The monoisotopic (exact) mass is 505 g/mol. The van der Waals surface area contributed by atoms with E-state index in [1.165, 1.54) is 6.20 Å². The Morgan fingerprint density at radius 3 is 2.60 bits per heavy atom. The number of carbonyl (C=O) groups excluding carboxylic acids is 1. The largest absolute Gasteiger partial charge is 0.391 e. The van der Waals surface area contributed by atoms with Gasteiger partial charge >= 0.3 is 0 Å². The molecule has 2 fully saturated rings. The maximum atomic E-state index is 14.7. The maximum absolute atomic E-state index is 14.7. The molecule has 2 aromatic heterocycles. The number of aromatic nitrogens is 4. The first-order chi connectivity index (χ1) is 16.8. The Morgan fingerprint density at radius 1 is 1.14 bits per heavy atom. The van der Waals surface area contributed by atoms with Crippen LogP contribution in [-0.4, -0.2) is 42.7 Å². The van der Waals surface area contributed by atoms with E-state index in [9.17, 15) is 18.7 Å². The van der Waals surface area contributed by atoms with E-state index in [2.05, 4.69) is 25.6 Å². The van der Waals surface area contributed by atoms with Gasteiger partial charge in [0.2, 0.25) is 17.8 Å². The molecular weight excluding hydrogens is 480 g/mol. The standard InChI is InChI=1S/C23H26ClF2N7O2/c24-13-8-9-14(25)19(18(13)26)31-23-30-16-10-28-22(29-15-2-1-3-17(15)34)32-21(16)33(23)12-6-4-11(5-7-12)20(27)35/h8-12,15,17,34H,1-7H2,(H2,27,35)(H,30,31)(H,28,29,32)/t11?,12?,15-,17-/m1/s1. The summed E-state index contributed by atoms with van der Waals surface area (Å²) in [6.07, 6.45) is 5.89. The van der Waals surface area contributed by atoms with Gasteiger partial charge in [-0.1, -0.05) is 11.6 Å². The minimum Gasteiger partial charge on any atom is -0.391 e. The van der Waals surface area contributed by atoms with Gasteiger partial charge in [-0.15, -0.1) is 0 Å². The highest BCUT2D eigenvalue weighted by atomic mass is 35.5. The highest BCUT2D eigenvalue weighted by Crippen LogP contribution is 2.38. The average Bonchev–Trinajstić information content (AvgIpc) is 3.41. The van der Waals surface area contributed by atoms with Gasteiger partial charge < -0.3 is 21.5 Å². The van der Waals surface area contributed by atoms with E-state index >= 15 is 0 Å². The van der Waals surface area contributed by atoms with Crippen molar-refractivity contribution >= 4 is 46.3 Å². The van der Waals surface area contributed by atoms with Crippen LogP contribution in [0.4, 0.5) is 26.4 Å². The van der Waals surface area contributed by atoms with E-state index in [4.69, 9.17) is 17.3 Å². The minimum absolute atomic E-state index is 0.136. The number of benzene rings is 1. The lowest BCUT2D eigenvalue weighted by atomic mass is 9.85. The first-order valence-electron chi connectivity index (χ1n) is 11.7. The van der Waals surface area contributed by atoms with Crippen molar-refractivity contribution in [1.82, 2.24) is 19.5 Å². The van der Waals surface area contributed by atoms with Crippen LogP contribution >= 0.6 is 11.6 Å². The molecule has 186 valence electrons. The predicted octanol–water partition coefficient (Wildman–Crippen LogP) is 4.04. The number of hydrogen-bond donors (Lipinski definition) is 4. The number of imidazole rings is 1. The van der Waals surface area contributed by atoms with Crippen LogP contribution in [0.1, 0.15) is 51.0 Å². The number of carbonyl (C=O) groups is 1. The average molecular weight is 506 g/mol. The molecule has 0 unspecified atom stereocenters. The molecule has 0 saturated heterocycles. The molecule has 5 N–H and O–H groups in total. The first-order valence-corrected chi connectivity index (χ1v) is 12.1. The third-order valence-corrected chi connectivity index (χ3v) is 7.26. The topological polar surface area (TPSA) is 131 Å². The lowest BCUT2D eigenvalue weighted by molar-refractivity contribution is -0.122. The molecule has 35 heavy (non-hydrogen) atoms. The van der Waals surface area contributed by atoms with Crippen LogP contribution in [-0.2, 0) is 4.79 Å². The van der Waals surface area contributed by atoms with Gasteiger partial charge in [0.25, 0.3) is 0 Å². The number of anilines is 3. The Labute approximate surface area is 205 Å². The summed E-state index contributed by atoms with van der Waals surface area (Å²) in [6, 6.07) is 1.94. The third-order valence-electron chi connectivity index (χ3n) is 6.97. The number of hydrogen-bond acceptors (Lipinski definition) is 7. The molecule has 3 aromatic rings. The highest BCUT2D eigenvalue weighted by Gasteiger charge is 2.30. The van der Waals surface area contributed by atoms with Crippen molar-refractivity contribution < 1.29 is 18.7 Å². The van der Waals surface area contributed by atoms with Crippen molar-refractivity contribution in [3.05, 3.63) is 35.0 Å². The Hall–Kier alpha value is -3.05. The van der Waals surface area contributed by atoms with Crippen LogP contribution in [0, 0.1) is 17.6 Å². The van der Waals surface area contributed by atoms with Gasteiger partial charge in [0, 0.05) is 12.0 Å². The molecule has 0 spiro atoms. The fourth-order valence-electron chi connectivity index (χ4n) is 5.04. The Bertz CT molecular complexity index is 1260. The molecule has 2 saturated carbocycles. The molecule has 2 atom stereocenters. The molecule has 2 aliphatic carbocycles. The molecule has 9 nitrogen and oxygen atoms in total. The zero-order valence-electron chi connectivity index (χ0n) is 18.8. The molecule has 1 aromatic carbocycles. The van der Waals surface area contributed by atoms with Crippen molar-refractivity contribution in [1.29, 1.82) is 0 Å². The summed E-state index contributed by atoms with van der Waals surface area (Å²) in [5.74, 6) is -1.75. The van der Waals surface area contributed by atoms with Crippen molar-refractivity contribution in [3.63, 3.8) is 0 Å². The zero-order valence-corrected chi connectivity index (χ0v) is 19.6. The molecule has 0 bridgehead atoms. The van der Waals surface area contributed by atoms with Crippen LogP contribution in [0.25, 0.3) is 11.2 Å². The number of rotatable bonds is 6. The Kier molecular flexibility index (Phi) is 6.45. The number of primary amides is 1. The number of nitrogens with zero attached hydrogens (tertiary/aromatic N) is 4. The van der Waals surface area contributed by atoms with Crippen molar-refractivity contribution in [2.75, 3.05) is 10.6 Å². The van der Waals surface area contributed by atoms with Gasteiger partial charge in [0.1, 0.15) is 17.0 Å². The molecule has 2 aliphatic rings. The smallest absolute Gasteiger partial charge is 0.225 e. The summed E-state index contributed by atoms with van der Waals surface area (Å²) in [7, 11) is 0. The van der Waals surface area contributed by atoms with Crippen LogP contribution in [0.15, 0.2) is 18.3 Å². The lowest BCUT2D eigenvalue weighted by Crippen LogP contribution is -2.29. The van der Waals surface area contributed by atoms with Crippen LogP contribution in [0.3, 0.4) is 0 Å². The molecule has 12 heteroatoms. The number of fused-ring (bicyclic) bond motifs is 1. The number of aliphatic hydroxyl groups excluding tert-OH is 1. The van der Waals surface area contributed by atoms with Gasteiger partial charge in [0.05, 0.1) is 23.4 Å². The number of aliphatic hydroxyl groups is 1. The van der Waals surface area contributed by atoms with Crippen molar-refractivity contribution in [2.45, 2.75) is 63.1 Å². The fraction of sp³-hybridized carbons (Fsp3) is 0.478. The number of nitrogens with two attached hydrogens (primary N) is 1. The Morgan fingerprint density at radius 2 is 1.91 bits per heavy atom. The first kappa shape index (κ1) is 23.7. The fourth-order valence-corrected chi connectivity index (χ4v) is 5.20. The second-order valence-electron chi connectivity index (χ2n) is 9.21. The molecule has 5 rings (SSSR count). The van der Waals surface area contributed by atoms with Crippen LogP contribution < -0.4 is 16.4 Å². The SMILES string of the molecule is NC(=O)C1CCC(n2c(Nc3c(F)ccc(Cl)c3F)nc3cnc(N[C@@H]4CCC[C@H]4O)nc32)CC1. The molecular formula is C23H26ClF2N7O2. The van der Waals surface area contributed by atoms with Crippen LogP contribution in [0.5, 0.6) is 0 Å². The Balaban J connectivity index is 1.54. The van der Waals surface area contributed by atoms with E-state index in [1.807, 2.05) is 0 Å². The molecule has 0 aliphatic heterocycles. The second kappa shape index (κ2) is 9.54. The van der Waals surface area contributed by atoms with Gasteiger partial charge in [-0.05, 0) is 57.1 Å². The van der Waals surface area contributed by atoms with Gasteiger partial charge in [-0.3, -0.25) is 9.36 Å². The summed E-state index contributed by atoms with van der Waals surface area (Å²) < 4.78 is 31.0. The number of halogens is 3. The third kappa shape index (κ3) is 4.62. The van der Waals surface area contributed by atoms with E-state index in [-0.39, 0.29) is 34.9 Å². The van der Waals surface area contributed by atoms with Gasteiger partial charge in [0.15, 0.2) is 11.5 Å². The molecule has 0 radical (unpaired) electrons. The normalized spacial score (nSPS) is 24.6. The van der Waals surface area contributed by atoms with Gasteiger partial charge in [-0.25, -0.2) is 18.7 Å². The molecule has 1 amide bonds. The number of amides is 1. The lowest BCUT2D eigenvalue weighted by Gasteiger charge is -2.29. The highest BCUT2D eigenvalue weighted by molar-refractivity contribution is 6.31. The molecule has 2 heterocycles. The second-order valence-corrected chi connectivity index (χ2v) is 9.62. The summed E-state index contributed by atoms with van der Waals surface area (Å²) >= 11 is 5.87. The predicted molar refractivity (Wildman–Crippen MR) is 127 cm³/mol. The van der Waals surface area contributed by atoms with Crippen molar-refractivity contribution in [3.8, 4) is 0 Å². The quantitative estimate of drug-likeness (QED) is 0.372. The van der Waals surface area contributed by atoms with E-state index in [0.29, 0.717) is 49.2 Å². The summed E-state index contributed by atoms with van der Waals surface area (Å²) in [6.45, 7) is 0. The van der Waals surface area contributed by atoms with Crippen LogP contribution in [0.2, 0.25) is 5.02 Å². The van der Waals surface area contributed by atoms with Crippen molar-refractivity contribution in [2.24, 2.45) is 11.7 Å². The maximum Gasteiger partial charge on any atom is 0.225 e. The summed E-state index contributed by atoms with van der Waals surface area (Å²) in [5, 5.41) is 15.9. The van der Waals surface area contributed by atoms with E-state index in [0.717, 1.165) is 25.0 Å². The van der Waals surface area contributed by atoms with E-state index < -0.39 is 23.4 Å². The number of nitrogens with one attached hydrogen (secondary N) is 2.